The molecular formula is C12H11ClFN3O4S. The lowest BCUT2D eigenvalue weighted by molar-refractivity contribution is 0.0527. The molecule has 1 aromatic heterocycles. The van der Waals surface area contributed by atoms with Gasteiger partial charge in [0.15, 0.2) is 0 Å². The Morgan fingerprint density at radius 3 is 2.86 bits per heavy atom. The molecule has 2 N–H and O–H groups in total. The molecule has 10 heteroatoms. The summed E-state index contributed by atoms with van der Waals surface area (Å²) in [6.45, 7) is 1.74. The summed E-state index contributed by atoms with van der Waals surface area (Å²) < 4.78 is 44.4. The predicted molar refractivity (Wildman–Crippen MR) is 76.8 cm³/mol. The molecule has 118 valence electrons. The third-order valence-electron chi connectivity index (χ3n) is 2.57. The van der Waals surface area contributed by atoms with Crippen LogP contribution < -0.4 is 4.72 Å². The monoisotopic (exact) mass is 347 g/mol. The van der Waals surface area contributed by atoms with E-state index >= 15 is 0 Å². The highest BCUT2D eigenvalue weighted by Crippen LogP contribution is 2.22. The number of esters is 1. The molecule has 0 aliphatic carbocycles. The number of nitrogens with zero attached hydrogens (tertiary/aromatic N) is 1. The first kappa shape index (κ1) is 16.2. The molecule has 1 aromatic carbocycles. The molecule has 0 aliphatic rings. The van der Waals surface area contributed by atoms with Crippen molar-refractivity contribution in [2.24, 2.45) is 0 Å². The van der Waals surface area contributed by atoms with Gasteiger partial charge in [-0.2, -0.15) is 5.10 Å². The van der Waals surface area contributed by atoms with E-state index in [0.29, 0.717) is 0 Å². The van der Waals surface area contributed by atoms with E-state index in [-0.39, 0.29) is 27.9 Å². The second kappa shape index (κ2) is 6.32. The maximum Gasteiger partial charge on any atom is 0.343 e. The second-order valence-corrected chi connectivity index (χ2v) is 6.15. The summed E-state index contributed by atoms with van der Waals surface area (Å²) in [5.74, 6) is -1.63. The van der Waals surface area contributed by atoms with Crippen LogP contribution in [0.2, 0.25) is 5.02 Å². The van der Waals surface area contributed by atoms with E-state index in [2.05, 4.69) is 14.9 Å². The van der Waals surface area contributed by atoms with Crippen molar-refractivity contribution in [3.8, 4) is 0 Å². The third kappa shape index (κ3) is 3.37. The lowest BCUT2D eigenvalue weighted by Gasteiger charge is -2.08. The molecule has 0 saturated carbocycles. The molecule has 0 spiro atoms. The smallest absolute Gasteiger partial charge is 0.343 e. The Balaban J connectivity index is 2.31. The summed E-state index contributed by atoms with van der Waals surface area (Å²) in [6.07, 6.45) is 1.13. The predicted octanol–water partition coefficient (Wildman–Crippen LogP) is 2.18. The summed E-state index contributed by atoms with van der Waals surface area (Å²) in [6, 6.07) is 2.93. The van der Waals surface area contributed by atoms with Crippen LogP contribution in [-0.4, -0.2) is 31.2 Å². The van der Waals surface area contributed by atoms with Gasteiger partial charge >= 0.3 is 5.97 Å². The van der Waals surface area contributed by atoms with E-state index in [1.807, 2.05) is 0 Å². The summed E-state index contributed by atoms with van der Waals surface area (Å²) in [5, 5.41) is 5.61. The number of rotatable bonds is 5. The molecule has 0 unspecified atom stereocenters. The van der Waals surface area contributed by atoms with E-state index in [1.165, 1.54) is 0 Å². The summed E-state index contributed by atoms with van der Waals surface area (Å²) in [7, 11) is -4.07. The molecule has 2 rings (SSSR count). The average Bonchev–Trinajstić information content (AvgIpc) is 2.89. The minimum atomic E-state index is -4.07. The van der Waals surface area contributed by atoms with Crippen LogP contribution in [0.3, 0.4) is 0 Å². The molecule has 22 heavy (non-hydrogen) atoms. The normalized spacial score (nSPS) is 11.2. The molecule has 1 heterocycles. The first-order valence-corrected chi connectivity index (χ1v) is 7.89. The molecular weight excluding hydrogens is 337 g/mol. The molecule has 0 aliphatic heterocycles. The lowest BCUT2D eigenvalue weighted by atomic mass is 10.3. The number of sulfonamides is 1. The molecule has 0 atom stereocenters. The Labute approximate surface area is 130 Å². The van der Waals surface area contributed by atoms with Gasteiger partial charge in [0.25, 0.3) is 10.0 Å². The molecule has 0 fully saturated rings. The largest absolute Gasteiger partial charge is 0.462 e. The number of nitrogens with one attached hydrogen (secondary N) is 2. The molecule has 7 nitrogen and oxygen atoms in total. The number of benzene rings is 1. The van der Waals surface area contributed by atoms with Gasteiger partial charge in [0.1, 0.15) is 17.2 Å². The highest BCUT2D eigenvalue weighted by Gasteiger charge is 2.22. The van der Waals surface area contributed by atoms with Crippen LogP contribution in [0, 0.1) is 5.82 Å². The van der Waals surface area contributed by atoms with E-state index in [0.717, 1.165) is 24.4 Å². The van der Waals surface area contributed by atoms with Gasteiger partial charge in [0.2, 0.25) is 0 Å². The van der Waals surface area contributed by atoms with Crippen molar-refractivity contribution in [3.63, 3.8) is 0 Å². The van der Waals surface area contributed by atoms with Gasteiger partial charge in [-0.1, -0.05) is 11.6 Å². The molecule has 0 amide bonds. The van der Waals surface area contributed by atoms with Crippen molar-refractivity contribution in [1.82, 2.24) is 10.2 Å². The fourth-order valence-electron chi connectivity index (χ4n) is 1.56. The Hall–Kier alpha value is -2.13. The first-order valence-electron chi connectivity index (χ1n) is 6.03. The quantitative estimate of drug-likeness (QED) is 0.807. The van der Waals surface area contributed by atoms with Gasteiger partial charge in [-0.3, -0.25) is 9.82 Å². The first-order chi connectivity index (χ1) is 10.3. The Bertz CT molecular complexity index is 806. The zero-order valence-corrected chi connectivity index (χ0v) is 12.8. The Morgan fingerprint density at radius 1 is 1.50 bits per heavy atom. The van der Waals surface area contributed by atoms with Crippen molar-refractivity contribution in [1.29, 1.82) is 0 Å². The van der Waals surface area contributed by atoms with Gasteiger partial charge in [0, 0.05) is 0 Å². The van der Waals surface area contributed by atoms with E-state index < -0.39 is 21.8 Å². The molecule has 0 radical (unpaired) electrons. The average molecular weight is 348 g/mol. The highest BCUT2D eigenvalue weighted by atomic mass is 35.5. The van der Waals surface area contributed by atoms with Crippen molar-refractivity contribution in [2.45, 2.75) is 11.8 Å². The topological polar surface area (TPSA) is 101 Å². The number of aromatic nitrogens is 2. The van der Waals surface area contributed by atoms with Crippen molar-refractivity contribution >= 4 is 33.4 Å². The number of hydrogen-bond acceptors (Lipinski definition) is 5. The summed E-state index contributed by atoms with van der Waals surface area (Å²) in [5.41, 5.74) is -0.0707. The van der Waals surface area contributed by atoms with Crippen LogP contribution in [0.25, 0.3) is 0 Å². The van der Waals surface area contributed by atoms with Crippen LogP contribution in [0.1, 0.15) is 17.3 Å². The Kier molecular flexibility index (Phi) is 4.67. The molecule has 0 saturated heterocycles. The van der Waals surface area contributed by atoms with Gasteiger partial charge in [-0.15, -0.1) is 0 Å². The maximum absolute atomic E-state index is 13.1. The van der Waals surface area contributed by atoms with Gasteiger partial charge in [-0.05, 0) is 25.1 Å². The summed E-state index contributed by atoms with van der Waals surface area (Å²) >= 11 is 5.56. The van der Waals surface area contributed by atoms with Crippen LogP contribution in [-0.2, 0) is 14.8 Å². The number of ether oxygens (including phenoxy) is 1. The maximum atomic E-state index is 13.1. The summed E-state index contributed by atoms with van der Waals surface area (Å²) in [4.78, 5) is 11.4. The lowest BCUT2D eigenvalue weighted by Crippen LogP contribution is -2.16. The van der Waals surface area contributed by atoms with E-state index in [9.17, 15) is 17.6 Å². The third-order valence-corrected chi connectivity index (χ3v) is 4.21. The number of H-pyrrole nitrogens is 1. The van der Waals surface area contributed by atoms with Gasteiger partial charge < -0.3 is 4.74 Å². The fourth-order valence-corrected chi connectivity index (χ4v) is 2.87. The molecule has 2 aromatic rings. The minimum Gasteiger partial charge on any atom is -0.462 e. The minimum absolute atomic E-state index is 0.0707. The fraction of sp³-hybridized carbons (Fsp3) is 0.167. The van der Waals surface area contributed by atoms with Crippen molar-refractivity contribution in [3.05, 3.63) is 40.8 Å². The zero-order valence-electron chi connectivity index (χ0n) is 11.3. The van der Waals surface area contributed by atoms with E-state index in [4.69, 9.17) is 16.3 Å². The highest BCUT2D eigenvalue weighted by molar-refractivity contribution is 7.92. The van der Waals surface area contributed by atoms with Crippen molar-refractivity contribution < 1.29 is 22.3 Å². The SMILES string of the molecule is CCOC(=O)c1cn[nH]c1NS(=O)(=O)c1ccc(F)c(Cl)c1. The van der Waals surface area contributed by atoms with Crippen LogP contribution in [0.4, 0.5) is 10.2 Å². The van der Waals surface area contributed by atoms with Crippen LogP contribution >= 0.6 is 11.6 Å². The Morgan fingerprint density at radius 2 is 2.23 bits per heavy atom. The number of carbonyl (C=O) groups excluding carboxylic acids is 1. The second-order valence-electron chi connectivity index (χ2n) is 4.06. The number of anilines is 1. The zero-order chi connectivity index (χ0) is 16.3. The molecule has 0 bridgehead atoms. The number of aromatic amines is 1. The number of hydrogen-bond donors (Lipinski definition) is 2. The standard InChI is InChI=1S/C12H11ClFN3O4S/c1-2-21-12(18)8-6-15-16-11(8)17-22(19,20)7-3-4-10(14)9(13)5-7/h3-6H,2H2,1H3,(H2,15,16,17). The van der Waals surface area contributed by atoms with Crippen LogP contribution in [0.15, 0.2) is 29.3 Å². The van der Waals surface area contributed by atoms with Crippen molar-refractivity contribution in [2.75, 3.05) is 11.3 Å². The van der Waals surface area contributed by atoms with Crippen LogP contribution in [0.5, 0.6) is 0 Å². The van der Waals surface area contributed by atoms with Gasteiger partial charge in [-0.25, -0.2) is 17.6 Å². The van der Waals surface area contributed by atoms with Gasteiger partial charge in [0.05, 0.1) is 22.7 Å². The number of carbonyl (C=O) groups is 1. The van der Waals surface area contributed by atoms with E-state index in [1.54, 1.807) is 6.92 Å². The number of halogens is 2.